The second-order valence-electron chi connectivity index (χ2n) is 4.72. The van der Waals surface area contributed by atoms with Gasteiger partial charge >= 0.3 is 0 Å². The third-order valence-electron chi connectivity index (χ3n) is 3.31. The molecule has 0 aliphatic carbocycles. The van der Waals surface area contributed by atoms with Crippen LogP contribution in [-0.2, 0) is 0 Å². The molecule has 1 saturated heterocycles. The van der Waals surface area contributed by atoms with Crippen LogP contribution < -0.4 is 10.1 Å². The largest absolute Gasteiger partial charge is 0.476 e. The van der Waals surface area contributed by atoms with Crippen LogP contribution in [0.4, 0.5) is 0 Å². The van der Waals surface area contributed by atoms with Crippen molar-refractivity contribution in [1.29, 1.82) is 0 Å². The molecule has 0 radical (unpaired) electrons. The first-order chi connectivity index (χ1) is 9.42. The number of hydrogen-bond acceptors (Lipinski definition) is 5. The molecular weight excluding hydrogens is 258 g/mol. The Kier molecular flexibility index (Phi) is 4.05. The van der Waals surface area contributed by atoms with Crippen molar-refractivity contribution in [2.24, 2.45) is 5.92 Å². The molecule has 2 aromatic heterocycles. The smallest absolute Gasteiger partial charge is 0.232 e. The molecule has 0 aromatic carbocycles. The maximum atomic E-state index is 5.79. The lowest BCUT2D eigenvalue weighted by atomic mass is 9.99. The number of thiophene rings is 1. The number of aromatic nitrogens is 2. The van der Waals surface area contributed by atoms with E-state index >= 15 is 0 Å². The van der Waals surface area contributed by atoms with Crippen molar-refractivity contribution in [3.8, 4) is 16.5 Å². The predicted molar refractivity (Wildman–Crippen MR) is 76.4 cm³/mol. The number of nitrogens with zero attached hydrogens (tertiary/aromatic N) is 2. The number of hydrogen-bond donors (Lipinski definition) is 1. The first-order valence-corrected chi connectivity index (χ1v) is 7.49. The van der Waals surface area contributed by atoms with Gasteiger partial charge in [-0.05, 0) is 43.3 Å². The summed E-state index contributed by atoms with van der Waals surface area (Å²) in [7, 11) is 0. The summed E-state index contributed by atoms with van der Waals surface area (Å²) < 4.78 is 5.79. The first-order valence-electron chi connectivity index (χ1n) is 6.61. The molecule has 0 saturated carbocycles. The minimum Gasteiger partial charge on any atom is -0.476 e. The molecule has 1 N–H and O–H groups in total. The van der Waals surface area contributed by atoms with Gasteiger partial charge in [-0.1, -0.05) is 6.07 Å². The van der Waals surface area contributed by atoms with Gasteiger partial charge in [0.25, 0.3) is 0 Å². The summed E-state index contributed by atoms with van der Waals surface area (Å²) in [5.74, 6) is 1.26. The standard InChI is InChI=1S/C14H17N3OS/c1-2-13(19-7-1)12-8-16-9-14(17-12)18-10-11-3-5-15-6-4-11/h1-2,7-9,11,15H,3-6,10H2. The molecule has 3 rings (SSSR count). The molecule has 1 aliphatic heterocycles. The Hall–Kier alpha value is -1.46. The van der Waals surface area contributed by atoms with Gasteiger partial charge < -0.3 is 10.1 Å². The van der Waals surface area contributed by atoms with Crippen molar-refractivity contribution in [1.82, 2.24) is 15.3 Å². The zero-order valence-electron chi connectivity index (χ0n) is 10.7. The van der Waals surface area contributed by atoms with Crippen LogP contribution in [0.5, 0.6) is 5.88 Å². The predicted octanol–water partition coefficient (Wildman–Crippen LogP) is 2.58. The minimum absolute atomic E-state index is 0.629. The van der Waals surface area contributed by atoms with E-state index in [0.29, 0.717) is 11.8 Å². The zero-order valence-corrected chi connectivity index (χ0v) is 11.5. The summed E-state index contributed by atoms with van der Waals surface area (Å²) >= 11 is 1.66. The molecule has 0 amide bonds. The Balaban J connectivity index is 1.63. The second kappa shape index (κ2) is 6.12. The zero-order chi connectivity index (χ0) is 12.9. The van der Waals surface area contributed by atoms with E-state index in [1.807, 2.05) is 17.5 Å². The van der Waals surface area contributed by atoms with Gasteiger partial charge in [-0.2, -0.15) is 0 Å². The van der Waals surface area contributed by atoms with E-state index in [-0.39, 0.29) is 0 Å². The fourth-order valence-electron chi connectivity index (χ4n) is 2.21. The highest BCUT2D eigenvalue weighted by molar-refractivity contribution is 7.13. The molecule has 1 aliphatic rings. The SMILES string of the molecule is c1csc(-c2cncc(OCC3CCNCC3)n2)c1. The molecule has 19 heavy (non-hydrogen) atoms. The van der Waals surface area contributed by atoms with Crippen molar-refractivity contribution in [3.05, 3.63) is 29.9 Å². The minimum atomic E-state index is 0.629. The van der Waals surface area contributed by atoms with Crippen LogP contribution in [0, 0.1) is 5.92 Å². The van der Waals surface area contributed by atoms with Crippen LogP contribution >= 0.6 is 11.3 Å². The number of rotatable bonds is 4. The third-order valence-corrected chi connectivity index (χ3v) is 4.20. The van der Waals surface area contributed by atoms with Crippen LogP contribution in [0.1, 0.15) is 12.8 Å². The normalized spacial score (nSPS) is 16.4. The number of ether oxygens (including phenoxy) is 1. The molecule has 100 valence electrons. The van der Waals surface area contributed by atoms with Crippen molar-refractivity contribution in [3.63, 3.8) is 0 Å². The average molecular weight is 275 g/mol. The van der Waals surface area contributed by atoms with Gasteiger partial charge in [0.05, 0.1) is 23.9 Å². The lowest BCUT2D eigenvalue weighted by Gasteiger charge is -2.22. The van der Waals surface area contributed by atoms with Gasteiger partial charge in [-0.3, -0.25) is 4.98 Å². The summed E-state index contributed by atoms with van der Waals surface area (Å²) in [6, 6.07) is 4.06. The van der Waals surface area contributed by atoms with E-state index in [4.69, 9.17) is 4.74 Å². The van der Waals surface area contributed by atoms with Gasteiger partial charge in [0.2, 0.25) is 5.88 Å². The van der Waals surface area contributed by atoms with E-state index in [1.54, 1.807) is 23.7 Å². The van der Waals surface area contributed by atoms with E-state index in [1.165, 1.54) is 12.8 Å². The van der Waals surface area contributed by atoms with E-state index in [0.717, 1.165) is 30.3 Å². The monoisotopic (exact) mass is 275 g/mol. The van der Waals surface area contributed by atoms with Crippen molar-refractivity contribution < 1.29 is 4.74 Å². The molecule has 2 aromatic rings. The van der Waals surface area contributed by atoms with E-state index < -0.39 is 0 Å². The molecule has 4 nitrogen and oxygen atoms in total. The first kappa shape index (κ1) is 12.6. The average Bonchev–Trinajstić information content (AvgIpc) is 3.01. The molecule has 0 bridgehead atoms. The molecule has 1 fully saturated rings. The Bertz CT molecular complexity index is 509. The van der Waals surface area contributed by atoms with Crippen LogP contribution in [0.3, 0.4) is 0 Å². The van der Waals surface area contributed by atoms with Gasteiger partial charge in [-0.25, -0.2) is 4.98 Å². The summed E-state index contributed by atoms with van der Waals surface area (Å²) in [5.41, 5.74) is 0.887. The van der Waals surface area contributed by atoms with Crippen molar-refractivity contribution in [2.75, 3.05) is 19.7 Å². The van der Waals surface area contributed by atoms with Crippen LogP contribution in [-0.4, -0.2) is 29.7 Å². The van der Waals surface area contributed by atoms with E-state index in [9.17, 15) is 0 Å². The van der Waals surface area contributed by atoms with Crippen molar-refractivity contribution in [2.45, 2.75) is 12.8 Å². The fraction of sp³-hybridized carbons (Fsp3) is 0.429. The topological polar surface area (TPSA) is 47.0 Å². The maximum Gasteiger partial charge on any atom is 0.232 e. The highest BCUT2D eigenvalue weighted by Crippen LogP contribution is 2.23. The fourth-order valence-corrected chi connectivity index (χ4v) is 2.89. The molecule has 5 heteroatoms. The summed E-state index contributed by atoms with van der Waals surface area (Å²) in [4.78, 5) is 9.85. The lowest BCUT2D eigenvalue weighted by molar-refractivity contribution is 0.208. The molecule has 0 unspecified atom stereocenters. The molecular formula is C14H17N3OS. The summed E-state index contributed by atoms with van der Waals surface area (Å²) in [6.07, 6.45) is 5.83. The third kappa shape index (κ3) is 3.30. The maximum absolute atomic E-state index is 5.79. The highest BCUT2D eigenvalue weighted by atomic mass is 32.1. The van der Waals surface area contributed by atoms with Gasteiger partial charge in [0, 0.05) is 0 Å². The van der Waals surface area contributed by atoms with E-state index in [2.05, 4.69) is 15.3 Å². The van der Waals surface area contributed by atoms with Gasteiger partial charge in [0.15, 0.2) is 0 Å². The summed E-state index contributed by atoms with van der Waals surface area (Å²) in [6.45, 7) is 2.92. The quantitative estimate of drug-likeness (QED) is 0.931. The Morgan fingerprint density at radius 1 is 1.32 bits per heavy atom. The molecule has 0 atom stereocenters. The Labute approximate surface area is 116 Å². The lowest BCUT2D eigenvalue weighted by Crippen LogP contribution is -2.30. The molecule has 0 spiro atoms. The van der Waals surface area contributed by atoms with Gasteiger partial charge in [-0.15, -0.1) is 11.3 Å². The Morgan fingerprint density at radius 3 is 3.00 bits per heavy atom. The van der Waals surface area contributed by atoms with Crippen LogP contribution in [0.2, 0.25) is 0 Å². The highest BCUT2D eigenvalue weighted by Gasteiger charge is 2.14. The van der Waals surface area contributed by atoms with Crippen LogP contribution in [0.15, 0.2) is 29.9 Å². The summed E-state index contributed by atoms with van der Waals surface area (Å²) in [5, 5.41) is 5.40. The number of nitrogens with one attached hydrogen (secondary N) is 1. The Morgan fingerprint density at radius 2 is 2.21 bits per heavy atom. The number of piperidine rings is 1. The van der Waals surface area contributed by atoms with Crippen molar-refractivity contribution >= 4 is 11.3 Å². The van der Waals surface area contributed by atoms with Gasteiger partial charge in [0.1, 0.15) is 5.69 Å². The van der Waals surface area contributed by atoms with Crippen LogP contribution in [0.25, 0.3) is 10.6 Å². The second-order valence-corrected chi connectivity index (χ2v) is 5.67. The molecule has 3 heterocycles.